The van der Waals surface area contributed by atoms with E-state index in [1.165, 1.54) is 23.9 Å². The van der Waals surface area contributed by atoms with Crippen molar-refractivity contribution in [3.63, 3.8) is 0 Å². The maximum atomic E-state index is 11.5. The fourth-order valence-electron chi connectivity index (χ4n) is 1.47. The largest absolute Gasteiger partial charge is 0.478 e. The van der Waals surface area contributed by atoms with Crippen LogP contribution in [-0.2, 0) is 4.79 Å². The lowest BCUT2D eigenvalue weighted by atomic mass is 10.2. The van der Waals surface area contributed by atoms with Crippen molar-refractivity contribution in [2.45, 2.75) is 30.8 Å². The van der Waals surface area contributed by atoms with E-state index in [-0.39, 0.29) is 17.2 Å². The van der Waals surface area contributed by atoms with E-state index < -0.39 is 5.97 Å². The van der Waals surface area contributed by atoms with Gasteiger partial charge in [-0.2, -0.15) is 0 Å². The van der Waals surface area contributed by atoms with Crippen LogP contribution in [0.3, 0.4) is 0 Å². The van der Waals surface area contributed by atoms with Crippen molar-refractivity contribution in [2.75, 3.05) is 5.75 Å². The first-order valence-corrected chi connectivity index (χ1v) is 6.67. The maximum Gasteiger partial charge on any atom is 0.335 e. The first kappa shape index (κ1) is 12.9. The van der Waals surface area contributed by atoms with Crippen LogP contribution in [0.1, 0.15) is 28.9 Å². The number of hydrogen-bond donors (Lipinski definition) is 2. The van der Waals surface area contributed by atoms with Crippen molar-refractivity contribution < 1.29 is 14.7 Å². The van der Waals surface area contributed by atoms with Crippen LogP contribution >= 0.6 is 11.8 Å². The Balaban J connectivity index is 1.95. The average Bonchev–Trinajstić information content (AvgIpc) is 3.09. The Morgan fingerprint density at radius 1 is 1.50 bits per heavy atom. The van der Waals surface area contributed by atoms with Gasteiger partial charge in [0.25, 0.3) is 0 Å². The molecule has 2 rings (SSSR count). The predicted octanol–water partition coefficient (Wildman–Crippen LogP) is 1.46. The summed E-state index contributed by atoms with van der Waals surface area (Å²) in [7, 11) is 0. The Bertz CT molecular complexity index is 486. The van der Waals surface area contributed by atoms with Crippen LogP contribution in [0.25, 0.3) is 0 Å². The Kier molecular flexibility index (Phi) is 3.86. The number of carboxylic acid groups (broad SMARTS) is 1. The van der Waals surface area contributed by atoms with Gasteiger partial charge in [-0.1, -0.05) is 11.8 Å². The third-order valence-electron chi connectivity index (χ3n) is 2.47. The fraction of sp³-hybridized carbons (Fsp3) is 0.417. The molecule has 1 saturated carbocycles. The smallest absolute Gasteiger partial charge is 0.335 e. The lowest BCUT2D eigenvalue weighted by Gasteiger charge is -2.05. The molecule has 1 fully saturated rings. The van der Waals surface area contributed by atoms with Gasteiger partial charge >= 0.3 is 5.97 Å². The Labute approximate surface area is 109 Å². The molecule has 96 valence electrons. The first-order chi connectivity index (χ1) is 8.54. The van der Waals surface area contributed by atoms with Crippen LogP contribution in [0.4, 0.5) is 0 Å². The van der Waals surface area contributed by atoms with Crippen LogP contribution in [0, 0.1) is 6.92 Å². The molecule has 2 N–H and O–H groups in total. The molecule has 6 heteroatoms. The number of aromatic carboxylic acids is 1. The molecule has 18 heavy (non-hydrogen) atoms. The molecule has 0 unspecified atom stereocenters. The van der Waals surface area contributed by atoms with E-state index >= 15 is 0 Å². The third kappa shape index (κ3) is 3.73. The molecule has 0 atom stereocenters. The monoisotopic (exact) mass is 266 g/mol. The second kappa shape index (κ2) is 5.39. The summed E-state index contributed by atoms with van der Waals surface area (Å²) >= 11 is 1.26. The van der Waals surface area contributed by atoms with E-state index in [0.717, 1.165) is 12.8 Å². The van der Waals surface area contributed by atoms with Gasteiger partial charge in [0, 0.05) is 11.7 Å². The van der Waals surface area contributed by atoms with Crippen molar-refractivity contribution in [3.05, 3.63) is 23.4 Å². The number of nitrogens with one attached hydrogen (secondary N) is 1. The molecule has 1 aromatic heterocycles. The molecule has 0 radical (unpaired) electrons. The second-order valence-corrected chi connectivity index (χ2v) is 5.27. The summed E-state index contributed by atoms with van der Waals surface area (Å²) in [5.74, 6) is -0.737. The summed E-state index contributed by atoms with van der Waals surface area (Å²) in [6.07, 6.45) is 2.12. The van der Waals surface area contributed by atoms with E-state index in [0.29, 0.717) is 16.8 Å². The van der Waals surface area contributed by atoms with Gasteiger partial charge in [-0.25, -0.2) is 9.78 Å². The molecule has 0 saturated heterocycles. The zero-order valence-corrected chi connectivity index (χ0v) is 10.8. The Morgan fingerprint density at radius 3 is 2.83 bits per heavy atom. The molecule has 1 heterocycles. The lowest BCUT2D eigenvalue weighted by Crippen LogP contribution is -2.27. The van der Waals surface area contributed by atoms with Crippen molar-refractivity contribution >= 4 is 23.6 Å². The van der Waals surface area contributed by atoms with Gasteiger partial charge in [0.15, 0.2) is 0 Å². The van der Waals surface area contributed by atoms with Crippen LogP contribution < -0.4 is 5.32 Å². The summed E-state index contributed by atoms with van der Waals surface area (Å²) < 4.78 is 0. The number of aromatic nitrogens is 1. The molecule has 0 spiro atoms. The van der Waals surface area contributed by atoms with Gasteiger partial charge in [0.05, 0.1) is 16.3 Å². The fourth-order valence-corrected chi connectivity index (χ4v) is 2.25. The molecule has 5 nitrogen and oxygen atoms in total. The highest BCUT2D eigenvalue weighted by Gasteiger charge is 2.23. The summed E-state index contributed by atoms with van der Waals surface area (Å²) in [5.41, 5.74) is 0.840. The molecule has 0 aromatic carbocycles. The van der Waals surface area contributed by atoms with Crippen molar-refractivity contribution in [3.8, 4) is 0 Å². The molecular formula is C12H14N2O3S. The van der Waals surface area contributed by atoms with Crippen molar-refractivity contribution in [1.29, 1.82) is 0 Å². The number of aryl methyl sites for hydroxylation is 1. The average molecular weight is 266 g/mol. The van der Waals surface area contributed by atoms with E-state index in [1.807, 2.05) is 0 Å². The molecule has 1 amide bonds. The standard InChI is InChI=1S/C12H14N2O3S/c1-7-4-8(12(16)17)5-11(13-7)18-6-10(15)14-9-2-3-9/h4-5,9H,2-3,6H2,1H3,(H,14,15)(H,16,17). The minimum Gasteiger partial charge on any atom is -0.478 e. The molecule has 1 aliphatic carbocycles. The highest BCUT2D eigenvalue weighted by atomic mass is 32.2. The Hall–Kier alpha value is -1.56. The number of pyridine rings is 1. The minimum absolute atomic E-state index is 0.0253. The summed E-state index contributed by atoms with van der Waals surface area (Å²) in [4.78, 5) is 26.6. The van der Waals surface area contributed by atoms with Gasteiger partial charge in [0.2, 0.25) is 5.91 Å². The highest BCUT2D eigenvalue weighted by Crippen LogP contribution is 2.21. The number of amides is 1. The topological polar surface area (TPSA) is 79.3 Å². The minimum atomic E-state index is -0.982. The molecular weight excluding hydrogens is 252 g/mol. The summed E-state index contributed by atoms with van der Waals surface area (Å²) in [6, 6.07) is 3.35. The SMILES string of the molecule is Cc1cc(C(=O)O)cc(SCC(=O)NC2CC2)n1. The van der Waals surface area contributed by atoms with Crippen LogP contribution in [0.2, 0.25) is 0 Å². The third-order valence-corrected chi connectivity index (χ3v) is 3.38. The van der Waals surface area contributed by atoms with Gasteiger partial charge in [0.1, 0.15) is 0 Å². The van der Waals surface area contributed by atoms with E-state index in [4.69, 9.17) is 5.11 Å². The lowest BCUT2D eigenvalue weighted by molar-refractivity contribution is -0.118. The molecule has 1 aliphatic rings. The normalized spacial score (nSPS) is 14.3. The zero-order chi connectivity index (χ0) is 13.1. The number of thioether (sulfide) groups is 1. The Morgan fingerprint density at radius 2 is 2.22 bits per heavy atom. The number of rotatable bonds is 5. The molecule has 0 bridgehead atoms. The zero-order valence-electron chi connectivity index (χ0n) is 9.97. The predicted molar refractivity (Wildman–Crippen MR) is 67.8 cm³/mol. The van der Waals surface area contributed by atoms with Gasteiger partial charge in [-0.05, 0) is 31.9 Å². The number of hydrogen-bond acceptors (Lipinski definition) is 4. The van der Waals surface area contributed by atoms with E-state index in [2.05, 4.69) is 10.3 Å². The van der Waals surface area contributed by atoms with Crippen LogP contribution in [-0.4, -0.2) is 33.8 Å². The van der Waals surface area contributed by atoms with Crippen molar-refractivity contribution in [1.82, 2.24) is 10.3 Å². The quantitative estimate of drug-likeness (QED) is 0.789. The maximum absolute atomic E-state index is 11.5. The number of nitrogens with zero attached hydrogens (tertiary/aromatic N) is 1. The van der Waals surface area contributed by atoms with Crippen LogP contribution in [0.5, 0.6) is 0 Å². The van der Waals surface area contributed by atoms with Gasteiger partial charge in [-0.15, -0.1) is 0 Å². The van der Waals surface area contributed by atoms with Crippen molar-refractivity contribution in [2.24, 2.45) is 0 Å². The van der Waals surface area contributed by atoms with E-state index in [1.54, 1.807) is 6.92 Å². The number of carboxylic acids is 1. The highest BCUT2D eigenvalue weighted by molar-refractivity contribution is 7.99. The summed E-state index contributed by atoms with van der Waals surface area (Å²) in [6.45, 7) is 1.74. The van der Waals surface area contributed by atoms with Gasteiger partial charge in [-0.3, -0.25) is 4.79 Å². The second-order valence-electron chi connectivity index (χ2n) is 4.27. The first-order valence-electron chi connectivity index (χ1n) is 5.69. The van der Waals surface area contributed by atoms with Gasteiger partial charge < -0.3 is 10.4 Å². The number of carbonyl (C=O) groups excluding carboxylic acids is 1. The molecule has 0 aliphatic heterocycles. The van der Waals surface area contributed by atoms with E-state index in [9.17, 15) is 9.59 Å². The van der Waals surface area contributed by atoms with Crippen LogP contribution in [0.15, 0.2) is 17.2 Å². The number of carbonyl (C=O) groups is 2. The summed E-state index contributed by atoms with van der Waals surface area (Å²) in [5, 5.41) is 12.4. The molecule has 1 aromatic rings.